The third-order valence-electron chi connectivity index (χ3n) is 3.02. The molecule has 1 fully saturated rings. The Hall–Kier alpha value is 0.310. The van der Waals surface area contributed by atoms with Gasteiger partial charge in [0.2, 0.25) is 0 Å². The molecule has 0 bridgehead atoms. The van der Waals surface area contributed by atoms with Crippen LogP contribution < -0.4 is 0 Å². The number of hydrogen-bond acceptors (Lipinski definition) is 2. The fourth-order valence-electron chi connectivity index (χ4n) is 2.19. The second kappa shape index (κ2) is 6.72. The van der Waals surface area contributed by atoms with Crippen LogP contribution in [0.3, 0.4) is 0 Å². The van der Waals surface area contributed by atoms with Crippen molar-refractivity contribution in [2.24, 2.45) is 5.92 Å². The van der Waals surface area contributed by atoms with Gasteiger partial charge >= 0.3 is 0 Å². The molecule has 0 aromatic carbocycles. The van der Waals surface area contributed by atoms with Crippen molar-refractivity contribution in [2.45, 2.75) is 39.0 Å². The molecule has 0 amide bonds. The molecule has 1 saturated heterocycles. The molecule has 1 heterocycles. The lowest BCUT2D eigenvalue weighted by Crippen LogP contribution is -2.34. The summed E-state index contributed by atoms with van der Waals surface area (Å²) in [6.07, 6.45) is 6.87. The molecule has 0 aromatic heterocycles. The van der Waals surface area contributed by atoms with Gasteiger partial charge in [-0.3, -0.25) is 0 Å². The second-order valence-electron chi connectivity index (χ2n) is 4.15. The standard InChI is InChI=1S/C11H23NS/c1-2-7-12-8-5-11(6-9-12)4-3-10-13/h11,13H,2-10H2,1H3. The molecule has 1 aliphatic heterocycles. The predicted octanol–water partition coefficient (Wildman–Crippen LogP) is 2.82. The van der Waals surface area contributed by atoms with Crippen molar-refractivity contribution >= 4 is 12.6 Å². The smallest absolute Gasteiger partial charge is 0.00161 e. The molecule has 13 heavy (non-hydrogen) atoms. The van der Waals surface area contributed by atoms with Crippen LogP contribution in [0.1, 0.15) is 39.0 Å². The quantitative estimate of drug-likeness (QED) is 0.669. The Balaban J connectivity index is 2.08. The van der Waals surface area contributed by atoms with Crippen LogP contribution in [0.25, 0.3) is 0 Å². The van der Waals surface area contributed by atoms with E-state index in [1.807, 2.05) is 0 Å². The minimum absolute atomic E-state index is 1.00. The van der Waals surface area contributed by atoms with Crippen molar-refractivity contribution in [2.75, 3.05) is 25.4 Å². The topological polar surface area (TPSA) is 3.24 Å². The van der Waals surface area contributed by atoms with Crippen LogP contribution in [-0.4, -0.2) is 30.3 Å². The average molecular weight is 201 g/mol. The monoisotopic (exact) mass is 201 g/mol. The Kier molecular flexibility index (Phi) is 5.88. The van der Waals surface area contributed by atoms with Crippen LogP contribution in [0.4, 0.5) is 0 Å². The van der Waals surface area contributed by atoms with E-state index >= 15 is 0 Å². The molecule has 2 heteroatoms. The van der Waals surface area contributed by atoms with Gasteiger partial charge in [0.25, 0.3) is 0 Å². The molecule has 0 spiro atoms. The van der Waals surface area contributed by atoms with Gasteiger partial charge in [-0.15, -0.1) is 0 Å². The fraction of sp³-hybridized carbons (Fsp3) is 1.00. The van der Waals surface area contributed by atoms with E-state index in [0.29, 0.717) is 0 Å². The summed E-state index contributed by atoms with van der Waals surface area (Å²) in [6, 6.07) is 0. The first-order chi connectivity index (χ1) is 6.36. The average Bonchev–Trinajstić information content (AvgIpc) is 2.17. The molecule has 1 nitrogen and oxygen atoms in total. The normalized spacial score (nSPS) is 20.8. The molecule has 0 N–H and O–H groups in total. The lowest BCUT2D eigenvalue weighted by Gasteiger charge is -2.31. The molecule has 0 radical (unpaired) electrons. The zero-order valence-electron chi connectivity index (χ0n) is 8.84. The van der Waals surface area contributed by atoms with E-state index in [1.165, 1.54) is 51.7 Å². The summed E-state index contributed by atoms with van der Waals surface area (Å²) in [5.41, 5.74) is 0. The molecule has 0 saturated carbocycles. The first kappa shape index (κ1) is 11.4. The van der Waals surface area contributed by atoms with Crippen molar-refractivity contribution in [3.8, 4) is 0 Å². The molecule has 0 aliphatic carbocycles. The van der Waals surface area contributed by atoms with Crippen molar-refractivity contribution in [1.82, 2.24) is 4.90 Å². The maximum absolute atomic E-state index is 4.26. The minimum atomic E-state index is 1.00. The minimum Gasteiger partial charge on any atom is -0.303 e. The van der Waals surface area contributed by atoms with Crippen LogP contribution in [0.15, 0.2) is 0 Å². The summed E-state index contributed by atoms with van der Waals surface area (Å²) in [6.45, 7) is 6.25. The van der Waals surface area contributed by atoms with Gasteiger partial charge in [0, 0.05) is 0 Å². The maximum atomic E-state index is 4.26. The number of likely N-dealkylation sites (tertiary alicyclic amines) is 1. The number of hydrogen-bond donors (Lipinski definition) is 1. The zero-order valence-corrected chi connectivity index (χ0v) is 9.73. The SMILES string of the molecule is CCCN1CCC(CCCS)CC1. The van der Waals surface area contributed by atoms with Crippen LogP contribution in [0.2, 0.25) is 0 Å². The lowest BCUT2D eigenvalue weighted by molar-refractivity contribution is 0.179. The lowest BCUT2D eigenvalue weighted by atomic mass is 9.92. The summed E-state index contributed by atoms with van der Waals surface area (Å²) >= 11 is 4.26. The number of rotatable bonds is 5. The highest BCUT2D eigenvalue weighted by atomic mass is 32.1. The Morgan fingerprint density at radius 2 is 2.00 bits per heavy atom. The summed E-state index contributed by atoms with van der Waals surface area (Å²) in [7, 11) is 0. The molecule has 0 unspecified atom stereocenters. The third-order valence-corrected chi connectivity index (χ3v) is 3.33. The van der Waals surface area contributed by atoms with E-state index < -0.39 is 0 Å². The van der Waals surface area contributed by atoms with Crippen LogP contribution in [-0.2, 0) is 0 Å². The van der Waals surface area contributed by atoms with Crippen LogP contribution in [0, 0.1) is 5.92 Å². The third kappa shape index (κ3) is 4.37. The highest BCUT2D eigenvalue weighted by molar-refractivity contribution is 7.80. The summed E-state index contributed by atoms with van der Waals surface area (Å²) < 4.78 is 0. The van der Waals surface area contributed by atoms with Crippen LogP contribution >= 0.6 is 12.6 Å². The highest BCUT2D eigenvalue weighted by Gasteiger charge is 2.17. The summed E-state index contributed by atoms with van der Waals surface area (Å²) in [5.74, 6) is 2.06. The molecule has 1 aliphatic rings. The van der Waals surface area contributed by atoms with Crippen molar-refractivity contribution in [3.05, 3.63) is 0 Å². The zero-order chi connectivity index (χ0) is 9.52. The number of thiol groups is 1. The van der Waals surface area contributed by atoms with Crippen molar-refractivity contribution in [1.29, 1.82) is 0 Å². The van der Waals surface area contributed by atoms with Gasteiger partial charge in [0.05, 0.1) is 0 Å². The molecular weight excluding hydrogens is 178 g/mol. The Morgan fingerprint density at radius 3 is 2.54 bits per heavy atom. The predicted molar refractivity (Wildman–Crippen MR) is 62.5 cm³/mol. The first-order valence-electron chi connectivity index (χ1n) is 5.70. The summed E-state index contributed by atoms with van der Waals surface area (Å²) in [5, 5.41) is 0. The molecule has 0 aromatic rings. The highest BCUT2D eigenvalue weighted by Crippen LogP contribution is 2.21. The first-order valence-corrected chi connectivity index (χ1v) is 6.33. The largest absolute Gasteiger partial charge is 0.303 e. The van der Waals surface area contributed by atoms with Gasteiger partial charge in [-0.25, -0.2) is 0 Å². The summed E-state index contributed by atoms with van der Waals surface area (Å²) in [4.78, 5) is 2.61. The van der Waals surface area contributed by atoms with Gasteiger partial charge in [-0.2, -0.15) is 12.6 Å². The van der Waals surface area contributed by atoms with E-state index in [-0.39, 0.29) is 0 Å². The fourth-order valence-corrected chi connectivity index (χ4v) is 2.38. The molecule has 1 rings (SSSR count). The Labute approximate surface area is 88.3 Å². The molecule has 78 valence electrons. The van der Waals surface area contributed by atoms with E-state index in [4.69, 9.17) is 0 Å². The van der Waals surface area contributed by atoms with E-state index in [1.54, 1.807) is 0 Å². The second-order valence-corrected chi connectivity index (χ2v) is 4.60. The van der Waals surface area contributed by atoms with E-state index in [9.17, 15) is 0 Å². The Morgan fingerprint density at radius 1 is 1.31 bits per heavy atom. The molecule has 0 atom stereocenters. The maximum Gasteiger partial charge on any atom is -0.00161 e. The number of nitrogens with zero attached hydrogens (tertiary/aromatic N) is 1. The van der Waals surface area contributed by atoms with Gasteiger partial charge in [-0.05, 0) is 63.4 Å². The van der Waals surface area contributed by atoms with Gasteiger partial charge < -0.3 is 4.90 Å². The van der Waals surface area contributed by atoms with Gasteiger partial charge in [0.1, 0.15) is 0 Å². The van der Waals surface area contributed by atoms with E-state index in [2.05, 4.69) is 24.5 Å². The Bertz CT molecular complexity index is 119. The molecular formula is C11H23NS. The van der Waals surface area contributed by atoms with Crippen molar-refractivity contribution in [3.63, 3.8) is 0 Å². The van der Waals surface area contributed by atoms with Crippen molar-refractivity contribution < 1.29 is 0 Å². The number of piperidine rings is 1. The van der Waals surface area contributed by atoms with Crippen LogP contribution in [0.5, 0.6) is 0 Å². The van der Waals surface area contributed by atoms with E-state index in [0.717, 1.165) is 11.7 Å². The van der Waals surface area contributed by atoms with Gasteiger partial charge in [-0.1, -0.05) is 6.92 Å². The van der Waals surface area contributed by atoms with Gasteiger partial charge in [0.15, 0.2) is 0 Å².